The van der Waals surface area contributed by atoms with Crippen LogP contribution in [0.15, 0.2) is 43.0 Å². The van der Waals surface area contributed by atoms with Crippen LogP contribution < -0.4 is 5.32 Å². The Hall–Kier alpha value is -1.26. The number of carbonyl (C=O) groups is 1. The van der Waals surface area contributed by atoms with E-state index in [2.05, 4.69) is 11.9 Å². The van der Waals surface area contributed by atoms with E-state index in [0.29, 0.717) is 6.61 Å². The molecule has 0 heterocycles. The maximum atomic E-state index is 12.0. The molecule has 0 aromatic heterocycles. The third kappa shape index (κ3) is 5.94. The second kappa shape index (κ2) is 9.64. The number of benzene rings is 1. The van der Waals surface area contributed by atoms with Crippen LogP contribution in [0.5, 0.6) is 0 Å². The molecular weight excluding hydrogens is 258 g/mol. The topological polar surface area (TPSA) is 38.3 Å². The third-order valence-corrected chi connectivity index (χ3v) is 3.45. The summed E-state index contributed by atoms with van der Waals surface area (Å²) in [6, 6.07) is 9.28. The lowest BCUT2D eigenvalue weighted by atomic mass is 10.1. The highest BCUT2D eigenvalue weighted by Gasteiger charge is 2.20. The van der Waals surface area contributed by atoms with Gasteiger partial charge in [0.2, 0.25) is 0 Å². The molecular formula is C15H21NO2S. The minimum Gasteiger partial charge on any atom is -0.465 e. The molecule has 0 aliphatic carbocycles. The number of hydrogen-bond acceptors (Lipinski definition) is 4. The highest BCUT2D eigenvalue weighted by atomic mass is 32.2. The molecule has 0 fully saturated rings. The summed E-state index contributed by atoms with van der Waals surface area (Å²) in [6.45, 7) is 6.66. The molecule has 0 bridgehead atoms. The molecule has 3 nitrogen and oxygen atoms in total. The molecule has 0 aliphatic rings. The Morgan fingerprint density at radius 3 is 2.84 bits per heavy atom. The second-order valence-corrected chi connectivity index (χ2v) is 5.06. The summed E-state index contributed by atoms with van der Waals surface area (Å²) in [5, 5.41) is 3.25. The fourth-order valence-electron chi connectivity index (χ4n) is 1.65. The number of thioether (sulfide) groups is 1. The second-order valence-electron chi connectivity index (χ2n) is 3.91. The van der Waals surface area contributed by atoms with E-state index in [1.54, 1.807) is 11.8 Å². The first-order chi connectivity index (χ1) is 9.29. The predicted octanol–water partition coefficient (Wildman–Crippen LogP) is 2.80. The third-order valence-electron chi connectivity index (χ3n) is 2.49. The average molecular weight is 279 g/mol. The van der Waals surface area contributed by atoms with E-state index in [1.165, 1.54) is 0 Å². The van der Waals surface area contributed by atoms with Crippen LogP contribution in [0.25, 0.3) is 0 Å². The van der Waals surface area contributed by atoms with Crippen LogP contribution in [-0.4, -0.2) is 30.6 Å². The fourth-order valence-corrected chi connectivity index (χ4v) is 2.25. The number of nitrogens with one attached hydrogen (secondary N) is 1. The Morgan fingerprint density at radius 1 is 1.47 bits per heavy atom. The van der Waals surface area contributed by atoms with E-state index < -0.39 is 0 Å². The average Bonchev–Trinajstić information content (AvgIpc) is 2.44. The van der Waals surface area contributed by atoms with E-state index >= 15 is 0 Å². The Morgan fingerprint density at radius 2 is 2.21 bits per heavy atom. The van der Waals surface area contributed by atoms with Gasteiger partial charge in [0.15, 0.2) is 0 Å². The fraction of sp³-hybridized carbons (Fsp3) is 0.400. The standard InChI is InChI=1S/C15H21NO2S/c1-3-11-19-12-10-16-14(15(17)18-4-2)13-8-6-5-7-9-13/h3,5-9,14,16H,1,4,10-12H2,2H3. The lowest BCUT2D eigenvalue weighted by molar-refractivity contribution is -0.145. The number of esters is 1. The van der Waals surface area contributed by atoms with Crippen LogP contribution in [0.2, 0.25) is 0 Å². The molecule has 1 rings (SSSR count). The van der Waals surface area contributed by atoms with Gasteiger partial charge in [0, 0.05) is 18.1 Å². The summed E-state index contributed by atoms with van der Waals surface area (Å²) in [5.41, 5.74) is 0.940. The van der Waals surface area contributed by atoms with Crippen LogP contribution in [-0.2, 0) is 9.53 Å². The minimum atomic E-state index is -0.384. The maximum Gasteiger partial charge on any atom is 0.327 e. The largest absolute Gasteiger partial charge is 0.465 e. The molecule has 0 radical (unpaired) electrons. The molecule has 1 unspecified atom stereocenters. The molecule has 1 N–H and O–H groups in total. The smallest absolute Gasteiger partial charge is 0.327 e. The van der Waals surface area contributed by atoms with Crippen molar-refractivity contribution >= 4 is 17.7 Å². The van der Waals surface area contributed by atoms with Crippen LogP contribution in [0, 0.1) is 0 Å². The minimum absolute atomic E-state index is 0.220. The zero-order valence-corrected chi connectivity index (χ0v) is 12.1. The molecule has 1 aromatic rings. The molecule has 0 spiro atoms. The molecule has 1 aromatic carbocycles. The summed E-state index contributed by atoms with van der Waals surface area (Å²) in [4.78, 5) is 12.0. The van der Waals surface area contributed by atoms with Gasteiger partial charge in [-0.3, -0.25) is 5.32 Å². The van der Waals surface area contributed by atoms with E-state index in [9.17, 15) is 4.79 Å². The predicted molar refractivity (Wildman–Crippen MR) is 81.3 cm³/mol. The molecule has 0 aliphatic heterocycles. The summed E-state index contributed by atoms with van der Waals surface area (Å²) in [5.74, 6) is 1.65. The maximum absolute atomic E-state index is 12.0. The van der Waals surface area contributed by atoms with Gasteiger partial charge < -0.3 is 4.74 Å². The lowest BCUT2D eigenvalue weighted by Gasteiger charge is -2.17. The van der Waals surface area contributed by atoms with Crippen molar-refractivity contribution in [2.45, 2.75) is 13.0 Å². The molecule has 1 atom stereocenters. The highest BCUT2D eigenvalue weighted by molar-refractivity contribution is 7.99. The van der Waals surface area contributed by atoms with Crippen molar-refractivity contribution in [3.63, 3.8) is 0 Å². The van der Waals surface area contributed by atoms with E-state index in [1.807, 2.05) is 43.3 Å². The summed E-state index contributed by atoms with van der Waals surface area (Å²) < 4.78 is 5.11. The van der Waals surface area contributed by atoms with Crippen molar-refractivity contribution in [3.8, 4) is 0 Å². The first kappa shape index (κ1) is 15.8. The van der Waals surface area contributed by atoms with Crippen LogP contribution in [0.3, 0.4) is 0 Å². The van der Waals surface area contributed by atoms with E-state index in [-0.39, 0.29) is 12.0 Å². The van der Waals surface area contributed by atoms with Gasteiger partial charge in [-0.2, -0.15) is 11.8 Å². The summed E-state index contributed by atoms with van der Waals surface area (Å²) in [6.07, 6.45) is 1.88. The first-order valence-electron chi connectivity index (χ1n) is 6.43. The molecule has 0 amide bonds. The number of carbonyl (C=O) groups excluding carboxylic acids is 1. The van der Waals surface area contributed by atoms with Crippen LogP contribution >= 0.6 is 11.8 Å². The first-order valence-corrected chi connectivity index (χ1v) is 7.58. The van der Waals surface area contributed by atoms with E-state index in [0.717, 1.165) is 23.6 Å². The molecule has 0 saturated carbocycles. The van der Waals surface area contributed by atoms with Gasteiger partial charge in [-0.1, -0.05) is 36.4 Å². The van der Waals surface area contributed by atoms with Crippen molar-refractivity contribution in [2.24, 2.45) is 0 Å². The monoisotopic (exact) mass is 279 g/mol. The van der Waals surface area contributed by atoms with Gasteiger partial charge in [-0.15, -0.1) is 6.58 Å². The van der Waals surface area contributed by atoms with Crippen LogP contribution in [0.4, 0.5) is 0 Å². The Bertz CT molecular complexity index is 381. The SMILES string of the molecule is C=CCSCCNC(C(=O)OCC)c1ccccc1. The molecule has 4 heteroatoms. The van der Waals surface area contributed by atoms with Crippen molar-refractivity contribution in [3.05, 3.63) is 48.6 Å². The van der Waals surface area contributed by atoms with Gasteiger partial charge >= 0.3 is 5.97 Å². The highest BCUT2D eigenvalue weighted by Crippen LogP contribution is 2.14. The van der Waals surface area contributed by atoms with Crippen molar-refractivity contribution < 1.29 is 9.53 Å². The zero-order valence-electron chi connectivity index (χ0n) is 11.3. The van der Waals surface area contributed by atoms with Crippen molar-refractivity contribution in [2.75, 3.05) is 24.7 Å². The van der Waals surface area contributed by atoms with E-state index in [4.69, 9.17) is 4.74 Å². The Balaban J connectivity index is 2.55. The Labute approximate surface area is 119 Å². The zero-order chi connectivity index (χ0) is 13.9. The number of ether oxygens (including phenoxy) is 1. The summed E-state index contributed by atoms with van der Waals surface area (Å²) in [7, 11) is 0. The van der Waals surface area contributed by atoms with Crippen molar-refractivity contribution in [1.82, 2.24) is 5.32 Å². The van der Waals surface area contributed by atoms with Gasteiger partial charge in [0.25, 0.3) is 0 Å². The van der Waals surface area contributed by atoms with Gasteiger partial charge in [-0.25, -0.2) is 4.79 Å². The quantitative estimate of drug-likeness (QED) is 0.428. The molecule has 104 valence electrons. The van der Waals surface area contributed by atoms with Gasteiger partial charge in [-0.05, 0) is 12.5 Å². The Kier molecular flexibility index (Phi) is 8.02. The van der Waals surface area contributed by atoms with Crippen molar-refractivity contribution in [1.29, 1.82) is 0 Å². The molecule has 0 saturated heterocycles. The van der Waals surface area contributed by atoms with Gasteiger partial charge in [0.1, 0.15) is 6.04 Å². The van der Waals surface area contributed by atoms with Crippen LogP contribution in [0.1, 0.15) is 18.5 Å². The lowest BCUT2D eigenvalue weighted by Crippen LogP contribution is -2.31. The molecule has 19 heavy (non-hydrogen) atoms. The number of hydrogen-bond donors (Lipinski definition) is 1. The van der Waals surface area contributed by atoms with Gasteiger partial charge in [0.05, 0.1) is 6.61 Å². The normalized spacial score (nSPS) is 11.8. The number of rotatable bonds is 9. The summed E-state index contributed by atoms with van der Waals surface area (Å²) >= 11 is 1.78.